The van der Waals surface area contributed by atoms with Crippen LogP contribution in [-0.4, -0.2) is 18.5 Å². The number of hydrogen-bond acceptors (Lipinski definition) is 2. The SMILES string of the molecule is CC(N)CNC(=O)c1cccc(I)c1. The molecule has 0 bridgehead atoms. The summed E-state index contributed by atoms with van der Waals surface area (Å²) in [4.78, 5) is 11.5. The average molecular weight is 304 g/mol. The zero-order chi connectivity index (χ0) is 10.6. The summed E-state index contributed by atoms with van der Waals surface area (Å²) >= 11 is 2.18. The topological polar surface area (TPSA) is 55.1 Å². The van der Waals surface area contributed by atoms with Crippen molar-refractivity contribution >= 4 is 28.5 Å². The number of benzene rings is 1. The van der Waals surface area contributed by atoms with Crippen LogP contribution < -0.4 is 11.1 Å². The normalized spacial score (nSPS) is 12.2. The molecule has 0 saturated carbocycles. The maximum atomic E-state index is 11.5. The Hall–Kier alpha value is -0.620. The van der Waals surface area contributed by atoms with E-state index in [0.29, 0.717) is 12.1 Å². The van der Waals surface area contributed by atoms with Crippen LogP contribution in [0.15, 0.2) is 24.3 Å². The van der Waals surface area contributed by atoms with Crippen molar-refractivity contribution in [3.8, 4) is 0 Å². The van der Waals surface area contributed by atoms with E-state index in [0.717, 1.165) is 3.57 Å². The Bertz CT molecular complexity index is 326. The molecule has 0 fully saturated rings. The highest BCUT2D eigenvalue weighted by molar-refractivity contribution is 14.1. The third-order valence-corrected chi connectivity index (χ3v) is 2.34. The molecule has 0 aromatic heterocycles. The molecule has 3 N–H and O–H groups in total. The number of carbonyl (C=O) groups excluding carboxylic acids is 1. The lowest BCUT2D eigenvalue weighted by Crippen LogP contribution is -2.35. The Morgan fingerprint density at radius 1 is 1.64 bits per heavy atom. The van der Waals surface area contributed by atoms with Crippen LogP contribution in [0.5, 0.6) is 0 Å². The number of nitrogens with two attached hydrogens (primary N) is 1. The molecule has 4 heteroatoms. The van der Waals surface area contributed by atoms with Gasteiger partial charge in [-0.15, -0.1) is 0 Å². The molecule has 1 aromatic rings. The first-order valence-electron chi connectivity index (χ1n) is 4.39. The van der Waals surface area contributed by atoms with Crippen LogP contribution >= 0.6 is 22.6 Å². The molecule has 0 saturated heterocycles. The minimum absolute atomic E-state index is 0.0123. The molecule has 0 aliphatic heterocycles. The first kappa shape index (κ1) is 11.5. The summed E-state index contributed by atoms with van der Waals surface area (Å²) in [5, 5.41) is 2.76. The van der Waals surface area contributed by atoms with Gasteiger partial charge < -0.3 is 11.1 Å². The van der Waals surface area contributed by atoms with Gasteiger partial charge in [-0.25, -0.2) is 0 Å². The molecular formula is C10H13IN2O. The minimum Gasteiger partial charge on any atom is -0.350 e. The van der Waals surface area contributed by atoms with E-state index in [2.05, 4.69) is 27.9 Å². The molecule has 0 heterocycles. The standard InChI is InChI=1S/C10H13IN2O/c1-7(12)6-13-10(14)8-3-2-4-9(11)5-8/h2-5,7H,6,12H2,1H3,(H,13,14). The van der Waals surface area contributed by atoms with E-state index in [1.54, 1.807) is 6.07 Å². The van der Waals surface area contributed by atoms with Crippen molar-refractivity contribution in [2.75, 3.05) is 6.54 Å². The predicted molar refractivity (Wildman–Crippen MR) is 65.1 cm³/mol. The summed E-state index contributed by atoms with van der Waals surface area (Å²) < 4.78 is 1.05. The Balaban J connectivity index is 2.61. The van der Waals surface area contributed by atoms with Crippen LogP contribution in [0.25, 0.3) is 0 Å². The van der Waals surface area contributed by atoms with Gasteiger partial charge in [0.2, 0.25) is 0 Å². The number of hydrogen-bond donors (Lipinski definition) is 2. The van der Waals surface area contributed by atoms with Gasteiger partial charge in [0.1, 0.15) is 0 Å². The highest BCUT2D eigenvalue weighted by Crippen LogP contribution is 2.07. The van der Waals surface area contributed by atoms with Crippen LogP contribution in [-0.2, 0) is 0 Å². The molecule has 0 radical (unpaired) electrons. The zero-order valence-corrected chi connectivity index (χ0v) is 10.1. The maximum absolute atomic E-state index is 11.5. The lowest BCUT2D eigenvalue weighted by atomic mass is 10.2. The van der Waals surface area contributed by atoms with Crippen molar-refractivity contribution in [3.05, 3.63) is 33.4 Å². The second-order valence-corrected chi connectivity index (χ2v) is 4.44. The van der Waals surface area contributed by atoms with Crippen LogP contribution in [0.1, 0.15) is 17.3 Å². The number of rotatable bonds is 3. The minimum atomic E-state index is -0.0687. The van der Waals surface area contributed by atoms with Gasteiger partial charge in [0.25, 0.3) is 5.91 Å². The monoisotopic (exact) mass is 304 g/mol. The number of nitrogens with one attached hydrogen (secondary N) is 1. The predicted octanol–water partition coefficient (Wildman–Crippen LogP) is 1.37. The molecule has 1 amide bonds. The smallest absolute Gasteiger partial charge is 0.251 e. The van der Waals surface area contributed by atoms with Crippen molar-refractivity contribution in [2.45, 2.75) is 13.0 Å². The van der Waals surface area contributed by atoms with Crippen molar-refractivity contribution in [3.63, 3.8) is 0 Å². The van der Waals surface area contributed by atoms with Crippen LogP contribution in [0.4, 0.5) is 0 Å². The van der Waals surface area contributed by atoms with Crippen LogP contribution in [0.3, 0.4) is 0 Å². The van der Waals surface area contributed by atoms with Gasteiger partial charge in [0.05, 0.1) is 0 Å². The van der Waals surface area contributed by atoms with E-state index in [9.17, 15) is 4.79 Å². The Labute approximate surface area is 97.2 Å². The number of carbonyl (C=O) groups is 1. The van der Waals surface area contributed by atoms with E-state index < -0.39 is 0 Å². The first-order valence-corrected chi connectivity index (χ1v) is 5.47. The van der Waals surface area contributed by atoms with Crippen LogP contribution in [0.2, 0.25) is 0 Å². The molecular weight excluding hydrogens is 291 g/mol. The summed E-state index contributed by atoms with van der Waals surface area (Å²) in [6.45, 7) is 2.36. The third kappa shape index (κ3) is 3.63. The van der Waals surface area contributed by atoms with Crippen molar-refractivity contribution in [2.24, 2.45) is 5.73 Å². The highest BCUT2D eigenvalue weighted by atomic mass is 127. The summed E-state index contributed by atoms with van der Waals surface area (Å²) in [6, 6.07) is 7.43. The number of amides is 1. The molecule has 1 unspecified atom stereocenters. The summed E-state index contributed by atoms with van der Waals surface area (Å²) in [7, 11) is 0. The first-order chi connectivity index (χ1) is 6.59. The fraction of sp³-hybridized carbons (Fsp3) is 0.300. The Morgan fingerprint density at radius 3 is 2.93 bits per heavy atom. The van der Waals surface area contributed by atoms with Crippen molar-refractivity contribution < 1.29 is 4.79 Å². The molecule has 3 nitrogen and oxygen atoms in total. The van der Waals surface area contributed by atoms with Crippen molar-refractivity contribution in [1.29, 1.82) is 0 Å². The van der Waals surface area contributed by atoms with Gasteiger partial charge in [-0.05, 0) is 47.7 Å². The Morgan fingerprint density at radius 2 is 2.36 bits per heavy atom. The lowest BCUT2D eigenvalue weighted by molar-refractivity contribution is 0.0951. The largest absolute Gasteiger partial charge is 0.350 e. The lowest BCUT2D eigenvalue weighted by Gasteiger charge is -2.07. The third-order valence-electron chi connectivity index (χ3n) is 1.67. The molecule has 0 aliphatic rings. The van der Waals surface area contributed by atoms with Gasteiger partial charge in [-0.1, -0.05) is 6.07 Å². The summed E-state index contributed by atoms with van der Waals surface area (Å²) in [5.41, 5.74) is 6.21. The second-order valence-electron chi connectivity index (χ2n) is 3.20. The fourth-order valence-corrected chi connectivity index (χ4v) is 1.53. The highest BCUT2D eigenvalue weighted by Gasteiger charge is 2.05. The van der Waals surface area contributed by atoms with E-state index in [-0.39, 0.29) is 11.9 Å². The maximum Gasteiger partial charge on any atom is 0.251 e. The molecule has 1 aromatic carbocycles. The molecule has 1 rings (SSSR count). The van der Waals surface area contributed by atoms with E-state index >= 15 is 0 Å². The molecule has 14 heavy (non-hydrogen) atoms. The van der Waals surface area contributed by atoms with E-state index in [1.165, 1.54) is 0 Å². The molecule has 76 valence electrons. The van der Waals surface area contributed by atoms with Gasteiger partial charge in [-0.2, -0.15) is 0 Å². The fourth-order valence-electron chi connectivity index (χ4n) is 0.985. The van der Waals surface area contributed by atoms with Crippen LogP contribution in [0, 0.1) is 3.57 Å². The van der Waals surface area contributed by atoms with Gasteiger partial charge in [0, 0.05) is 21.7 Å². The summed E-state index contributed by atoms with van der Waals surface area (Å²) in [6.07, 6.45) is 0. The molecule has 1 atom stereocenters. The van der Waals surface area contributed by atoms with E-state index in [1.807, 2.05) is 25.1 Å². The average Bonchev–Trinajstić information content (AvgIpc) is 2.14. The zero-order valence-electron chi connectivity index (χ0n) is 7.96. The van der Waals surface area contributed by atoms with Gasteiger partial charge >= 0.3 is 0 Å². The van der Waals surface area contributed by atoms with Gasteiger partial charge in [-0.3, -0.25) is 4.79 Å². The molecule has 0 aliphatic carbocycles. The quantitative estimate of drug-likeness (QED) is 0.829. The van der Waals surface area contributed by atoms with Crippen molar-refractivity contribution in [1.82, 2.24) is 5.32 Å². The van der Waals surface area contributed by atoms with Gasteiger partial charge in [0.15, 0.2) is 0 Å². The molecule has 0 spiro atoms. The summed E-state index contributed by atoms with van der Waals surface area (Å²) in [5.74, 6) is -0.0687. The Kier molecular flexibility index (Phi) is 4.34. The number of halogens is 1. The van der Waals surface area contributed by atoms with E-state index in [4.69, 9.17) is 5.73 Å². The second kappa shape index (κ2) is 5.31.